The van der Waals surface area contributed by atoms with Crippen LogP contribution in [0.3, 0.4) is 0 Å². The van der Waals surface area contributed by atoms with Crippen molar-refractivity contribution in [3.8, 4) is 0 Å². The quantitative estimate of drug-likeness (QED) is 0.518. The van der Waals surface area contributed by atoms with Gasteiger partial charge in [-0.15, -0.1) is 10.2 Å². The molecule has 3 aromatic heterocycles. The van der Waals surface area contributed by atoms with Gasteiger partial charge in [-0.2, -0.15) is 4.98 Å². The highest BCUT2D eigenvalue weighted by Gasteiger charge is 2.16. The Hall–Kier alpha value is -2.68. The lowest BCUT2D eigenvalue weighted by Gasteiger charge is -2.06. The predicted octanol–water partition coefficient (Wildman–Crippen LogP) is 2.38. The molecule has 0 spiro atoms. The van der Waals surface area contributed by atoms with Gasteiger partial charge in [-0.05, 0) is 12.1 Å². The summed E-state index contributed by atoms with van der Waals surface area (Å²) in [6.07, 6.45) is 0. The number of hydrogen-bond donors (Lipinski definition) is 0. The van der Waals surface area contributed by atoms with Gasteiger partial charge in [-0.25, -0.2) is 0 Å². The van der Waals surface area contributed by atoms with Crippen molar-refractivity contribution in [2.75, 3.05) is 0 Å². The maximum atomic E-state index is 12.4. The number of rotatable bonds is 4. The fourth-order valence-electron chi connectivity index (χ4n) is 2.59. The number of benzene rings is 1. The maximum Gasteiger partial charge on any atom is 0.262 e. The van der Waals surface area contributed by atoms with E-state index >= 15 is 0 Å². The van der Waals surface area contributed by atoms with Crippen LogP contribution in [-0.4, -0.2) is 29.3 Å². The summed E-state index contributed by atoms with van der Waals surface area (Å²) >= 11 is 1.44. The van der Waals surface area contributed by atoms with Crippen LogP contribution < -0.4 is 5.56 Å². The van der Waals surface area contributed by atoms with Crippen molar-refractivity contribution < 1.29 is 4.52 Å². The van der Waals surface area contributed by atoms with Crippen molar-refractivity contribution in [3.63, 3.8) is 0 Å². The molecule has 3 heterocycles. The molecule has 0 aliphatic heterocycles. The normalized spacial score (nSPS) is 11.8. The minimum Gasteiger partial charge on any atom is -0.338 e. The molecule has 128 valence electrons. The Kier molecular flexibility index (Phi) is 3.79. The van der Waals surface area contributed by atoms with Crippen LogP contribution in [0.1, 0.15) is 31.5 Å². The molecule has 0 fully saturated rings. The average Bonchev–Trinajstić information content (AvgIpc) is 3.25. The molecule has 1 aromatic carbocycles. The Morgan fingerprint density at radius 2 is 2.04 bits per heavy atom. The van der Waals surface area contributed by atoms with Gasteiger partial charge in [0.05, 0.1) is 16.7 Å². The molecule has 0 amide bonds. The standard InChI is InChI=1S/C16H16N6O2S/c1-9(2)13-17-12(24-20-13)8-25-16-19-18-15-21(3)14(23)10-6-4-5-7-11(10)22(15)16/h4-7,9H,8H2,1-3H3. The summed E-state index contributed by atoms with van der Waals surface area (Å²) in [6.45, 7) is 4.03. The summed E-state index contributed by atoms with van der Waals surface area (Å²) < 4.78 is 8.65. The number of aromatic nitrogens is 6. The molecule has 8 nitrogen and oxygen atoms in total. The van der Waals surface area contributed by atoms with E-state index in [1.165, 1.54) is 16.3 Å². The van der Waals surface area contributed by atoms with E-state index < -0.39 is 0 Å². The zero-order chi connectivity index (χ0) is 17.6. The lowest BCUT2D eigenvalue weighted by Crippen LogP contribution is -2.20. The van der Waals surface area contributed by atoms with Crippen molar-refractivity contribution in [1.82, 2.24) is 29.3 Å². The second-order valence-electron chi connectivity index (χ2n) is 5.99. The van der Waals surface area contributed by atoms with Crippen LogP contribution in [0, 0.1) is 0 Å². The predicted molar refractivity (Wildman–Crippen MR) is 93.7 cm³/mol. The molecule has 0 radical (unpaired) electrons. The minimum absolute atomic E-state index is 0.0921. The molecule has 9 heteroatoms. The fraction of sp³-hybridized carbons (Fsp3) is 0.312. The minimum atomic E-state index is -0.0921. The summed E-state index contributed by atoms with van der Waals surface area (Å²) in [6, 6.07) is 7.43. The first kappa shape index (κ1) is 15.8. The molecule has 0 N–H and O–H groups in total. The molecular formula is C16H16N6O2S. The van der Waals surface area contributed by atoms with E-state index in [1.54, 1.807) is 13.1 Å². The van der Waals surface area contributed by atoms with E-state index in [4.69, 9.17) is 4.52 Å². The van der Waals surface area contributed by atoms with Crippen molar-refractivity contribution in [3.05, 3.63) is 46.3 Å². The second kappa shape index (κ2) is 5.99. The molecule has 4 rings (SSSR count). The summed E-state index contributed by atoms with van der Waals surface area (Å²) in [5, 5.41) is 13.7. The van der Waals surface area contributed by atoms with Crippen LogP contribution in [0.4, 0.5) is 0 Å². The molecule has 25 heavy (non-hydrogen) atoms. The monoisotopic (exact) mass is 356 g/mol. The number of para-hydroxylation sites is 1. The highest BCUT2D eigenvalue weighted by Crippen LogP contribution is 2.24. The third-order valence-electron chi connectivity index (χ3n) is 3.92. The molecule has 0 atom stereocenters. The Bertz CT molecular complexity index is 1130. The van der Waals surface area contributed by atoms with Crippen LogP contribution in [0.15, 0.2) is 38.7 Å². The maximum absolute atomic E-state index is 12.4. The molecule has 0 aliphatic rings. The van der Waals surface area contributed by atoms with Crippen molar-refractivity contribution in [2.24, 2.45) is 7.05 Å². The van der Waals surface area contributed by atoms with Gasteiger partial charge in [-0.3, -0.25) is 13.8 Å². The smallest absolute Gasteiger partial charge is 0.262 e. The highest BCUT2D eigenvalue weighted by molar-refractivity contribution is 7.98. The number of aryl methyl sites for hydroxylation is 1. The first-order valence-corrected chi connectivity index (χ1v) is 8.83. The summed E-state index contributed by atoms with van der Waals surface area (Å²) in [7, 11) is 1.69. The van der Waals surface area contributed by atoms with E-state index in [1.807, 2.05) is 36.4 Å². The molecule has 0 saturated carbocycles. The molecule has 0 unspecified atom stereocenters. The Morgan fingerprint density at radius 3 is 2.80 bits per heavy atom. The van der Waals surface area contributed by atoms with E-state index in [0.29, 0.717) is 33.8 Å². The van der Waals surface area contributed by atoms with Gasteiger partial charge in [0.1, 0.15) is 0 Å². The van der Waals surface area contributed by atoms with Gasteiger partial charge in [-0.1, -0.05) is 42.9 Å². The molecular weight excluding hydrogens is 340 g/mol. The van der Waals surface area contributed by atoms with Crippen LogP contribution in [0.25, 0.3) is 16.7 Å². The van der Waals surface area contributed by atoms with Gasteiger partial charge >= 0.3 is 0 Å². The zero-order valence-corrected chi connectivity index (χ0v) is 14.8. The van der Waals surface area contributed by atoms with Crippen molar-refractivity contribution in [1.29, 1.82) is 0 Å². The van der Waals surface area contributed by atoms with Gasteiger partial charge in [0.15, 0.2) is 11.0 Å². The SMILES string of the molecule is CC(C)c1noc(CSc2nnc3n(C)c(=O)c4ccccc4n23)n1. The van der Waals surface area contributed by atoms with Crippen LogP contribution >= 0.6 is 11.8 Å². The molecule has 0 saturated heterocycles. The number of nitrogens with zero attached hydrogens (tertiary/aromatic N) is 6. The molecule has 4 aromatic rings. The fourth-order valence-corrected chi connectivity index (χ4v) is 3.37. The largest absolute Gasteiger partial charge is 0.338 e. The lowest BCUT2D eigenvalue weighted by atomic mass is 10.2. The molecule has 0 aliphatic carbocycles. The Labute approximate surface area is 146 Å². The second-order valence-corrected chi connectivity index (χ2v) is 6.93. The third kappa shape index (κ3) is 2.60. The van der Waals surface area contributed by atoms with Gasteiger partial charge < -0.3 is 4.52 Å². The first-order chi connectivity index (χ1) is 12.1. The number of thioether (sulfide) groups is 1. The summed E-state index contributed by atoms with van der Waals surface area (Å²) in [5.74, 6) is 2.43. The summed E-state index contributed by atoms with van der Waals surface area (Å²) in [4.78, 5) is 16.8. The lowest BCUT2D eigenvalue weighted by molar-refractivity contribution is 0.383. The van der Waals surface area contributed by atoms with Crippen molar-refractivity contribution >= 4 is 28.4 Å². The topological polar surface area (TPSA) is 91.1 Å². The Balaban J connectivity index is 1.76. The number of fused-ring (bicyclic) bond motifs is 3. The highest BCUT2D eigenvalue weighted by atomic mass is 32.2. The van der Waals surface area contributed by atoms with Crippen molar-refractivity contribution in [2.45, 2.75) is 30.7 Å². The molecule has 0 bridgehead atoms. The van der Waals surface area contributed by atoms with Gasteiger partial charge in [0, 0.05) is 13.0 Å². The Morgan fingerprint density at radius 1 is 1.24 bits per heavy atom. The van der Waals surface area contributed by atoms with Crippen LogP contribution in [0.2, 0.25) is 0 Å². The summed E-state index contributed by atoms with van der Waals surface area (Å²) in [5.41, 5.74) is 0.687. The van der Waals surface area contributed by atoms with E-state index in [9.17, 15) is 4.79 Å². The first-order valence-electron chi connectivity index (χ1n) is 7.84. The van der Waals surface area contributed by atoms with Gasteiger partial charge in [0.2, 0.25) is 11.7 Å². The van der Waals surface area contributed by atoms with E-state index in [2.05, 4.69) is 20.3 Å². The van der Waals surface area contributed by atoms with Gasteiger partial charge in [0.25, 0.3) is 5.56 Å². The number of hydrogen-bond acceptors (Lipinski definition) is 7. The van der Waals surface area contributed by atoms with E-state index in [-0.39, 0.29) is 11.5 Å². The van der Waals surface area contributed by atoms with E-state index in [0.717, 1.165) is 5.52 Å². The van der Waals surface area contributed by atoms with Crippen LogP contribution in [-0.2, 0) is 12.8 Å². The van der Waals surface area contributed by atoms with Crippen LogP contribution in [0.5, 0.6) is 0 Å². The third-order valence-corrected chi connectivity index (χ3v) is 4.83. The zero-order valence-electron chi connectivity index (χ0n) is 14.0. The average molecular weight is 356 g/mol.